The topological polar surface area (TPSA) is 78.1 Å². The van der Waals surface area contributed by atoms with E-state index in [0.717, 1.165) is 41.7 Å². The monoisotopic (exact) mass is 422 g/mol. The Hall–Kier alpha value is -3.22. The van der Waals surface area contributed by atoms with Crippen LogP contribution in [0, 0.1) is 18.7 Å². The Morgan fingerprint density at radius 3 is 2.65 bits per heavy atom. The van der Waals surface area contributed by atoms with Gasteiger partial charge in [-0.2, -0.15) is 0 Å². The van der Waals surface area contributed by atoms with E-state index in [1.54, 1.807) is 12.1 Å². The molecular formula is C24H27FN4O2. The highest BCUT2D eigenvalue weighted by molar-refractivity contribution is 5.97. The van der Waals surface area contributed by atoms with Crippen LogP contribution in [0.3, 0.4) is 0 Å². The van der Waals surface area contributed by atoms with Crippen molar-refractivity contribution in [2.45, 2.75) is 39.2 Å². The van der Waals surface area contributed by atoms with Crippen LogP contribution in [0.4, 0.5) is 4.39 Å². The van der Waals surface area contributed by atoms with Crippen molar-refractivity contribution >= 4 is 22.8 Å². The molecule has 0 atom stereocenters. The van der Waals surface area contributed by atoms with Gasteiger partial charge in [0.05, 0.1) is 11.0 Å². The van der Waals surface area contributed by atoms with Gasteiger partial charge in [-0.05, 0) is 68.0 Å². The molecule has 162 valence electrons. The van der Waals surface area contributed by atoms with Gasteiger partial charge in [-0.1, -0.05) is 12.1 Å². The summed E-state index contributed by atoms with van der Waals surface area (Å²) in [6.07, 6.45) is 3.09. The SMILES string of the molecule is Cc1nc2ccc(C(=O)N3CCC(CCC(=O)NCc4ccc(F)cc4)CC3)cc2[nH]1. The number of amides is 2. The van der Waals surface area contributed by atoms with E-state index in [4.69, 9.17) is 0 Å². The molecule has 1 aliphatic heterocycles. The quantitative estimate of drug-likeness (QED) is 0.631. The Bertz CT molecular complexity index is 1070. The molecule has 6 nitrogen and oxygen atoms in total. The number of imidazole rings is 1. The van der Waals surface area contributed by atoms with Crippen molar-refractivity contribution in [1.29, 1.82) is 0 Å². The lowest BCUT2D eigenvalue weighted by Crippen LogP contribution is -2.38. The van der Waals surface area contributed by atoms with Crippen LogP contribution < -0.4 is 5.32 Å². The first-order valence-electron chi connectivity index (χ1n) is 10.7. The fraction of sp³-hybridized carbons (Fsp3) is 0.375. The van der Waals surface area contributed by atoms with Crippen LogP contribution in [0.5, 0.6) is 0 Å². The van der Waals surface area contributed by atoms with Crippen molar-refractivity contribution in [3.8, 4) is 0 Å². The van der Waals surface area contributed by atoms with E-state index >= 15 is 0 Å². The van der Waals surface area contributed by atoms with Gasteiger partial charge in [-0.15, -0.1) is 0 Å². The number of rotatable bonds is 6. The van der Waals surface area contributed by atoms with Crippen molar-refractivity contribution in [2.24, 2.45) is 5.92 Å². The van der Waals surface area contributed by atoms with Gasteiger partial charge in [0.15, 0.2) is 0 Å². The third-order valence-electron chi connectivity index (χ3n) is 5.93. The average Bonchev–Trinajstić information content (AvgIpc) is 3.16. The summed E-state index contributed by atoms with van der Waals surface area (Å²) in [6, 6.07) is 11.7. The zero-order valence-corrected chi connectivity index (χ0v) is 17.7. The van der Waals surface area contributed by atoms with Crippen LogP contribution in [-0.4, -0.2) is 39.8 Å². The fourth-order valence-electron chi connectivity index (χ4n) is 4.10. The molecule has 2 N–H and O–H groups in total. The highest BCUT2D eigenvalue weighted by atomic mass is 19.1. The first-order chi connectivity index (χ1) is 15.0. The Labute approximate surface area is 180 Å². The molecule has 1 aliphatic rings. The van der Waals surface area contributed by atoms with E-state index in [1.165, 1.54) is 12.1 Å². The van der Waals surface area contributed by atoms with Crippen molar-refractivity contribution in [1.82, 2.24) is 20.2 Å². The number of halogens is 1. The molecule has 0 spiro atoms. The van der Waals surface area contributed by atoms with E-state index in [1.807, 2.05) is 30.0 Å². The van der Waals surface area contributed by atoms with Gasteiger partial charge in [0.2, 0.25) is 5.91 Å². The lowest BCUT2D eigenvalue weighted by Gasteiger charge is -2.32. The summed E-state index contributed by atoms with van der Waals surface area (Å²) in [5.41, 5.74) is 3.30. The van der Waals surface area contributed by atoms with Gasteiger partial charge in [-0.25, -0.2) is 9.37 Å². The number of aromatic amines is 1. The van der Waals surface area contributed by atoms with Crippen molar-refractivity contribution < 1.29 is 14.0 Å². The van der Waals surface area contributed by atoms with Gasteiger partial charge in [-0.3, -0.25) is 9.59 Å². The summed E-state index contributed by atoms with van der Waals surface area (Å²) < 4.78 is 12.9. The normalized spacial score (nSPS) is 14.7. The number of aromatic nitrogens is 2. The zero-order valence-electron chi connectivity index (χ0n) is 17.7. The molecule has 1 saturated heterocycles. The third kappa shape index (κ3) is 5.29. The smallest absolute Gasteiger partial charge is 0.253 e. The highest BCUT2D eigenvalue weighted by Crippen LogP contribution is 2.24. The number of H-pyrrole nitrogens is 1. The second-order valence-electron chi connectivity index (χ2n) is 8.23. The van der Waals surface area contributed by atoms with Gasteiger partial charge in [0.25, 0.3) is 5.91 Å². The molecule has 7 heteroatoms. The van der Waals surface area contributed by atoms with Crippen LogP contribution in [0.25, 0.3) is 11.0 Å². The minimum absolute atomic E-state index is 0.00554. The number of carbonyl (C=O) groups excluding carboxylic acids is 2. The molecule has 0 unspecified atom stereocenters. The molecule has 1 fully saturated rings. The minimum Gasteiger partial charge on any atom is -0.352 e. The average molecular weight is 423 g/mol. The third-order valence-corrected chi connectivity index (χ3v) is 5.93. The molecule has 0 bridgehead atoms. The standard InChI is InChI=1S/C24H27FN4O2/c1-16-27-21-8-5-19(14-22(21)28-16)24(31)29-12-10-17(11-13-29)4-9-23(30)26-15-18-2-6-20(25)7-3-18/h2-3,5-8,14,17H,4,9-13,15H2,1H3,(H,26,30)(H,27,28). The fourth-order valence-corrected chi connectivity index (χ4v) is 4.10. The van der Waals surface area contributed by atoms with E-state index < -0.39 is 0 Å². The van der Waals surface area contributed by atoms with E-state index in [0.29, 0.717) is 37.5 Å². The molecule has 3 aromatic rings. The van der Waals surface area contributed by atoms with Gasteiger partial charge < -0.3 is 15.2 Å². The number of nitrogens with one attached hydrogen (secondary N) is 2. The summed E-state index contributed by atoms with van der Waals surface area (Å²) in [5, 5.41) is 2.89. The number of hydrogen-bond donors (Lipinski definition) is 2. The number of fused-ring (bicyclic) bond motifs is 1. The van der Waals surface area contributed by atoms with Crippen LogP contribution in [0.15, 0.2) is 42.5 Å². The Balaban J connectivity index is 1.21. The van der Waals surface area contributed by atoms with Crippen molar-refractivity contribution in [2.75, 3.05) is 13.1 Å². The molecule has 4 rings (SSSR count). The predicted molar refractivity (Wildman–Crippen MR) is 117 cm³/mol. The molecule has 0 saturated carbocycles. The Morgan fingerprint density at radius 2 is 1.90 bits per heavy atom. The van der Waals surface area contributed by atoms with Gasteiger partial charge in [0, 0.05) is 31.6 Å². The lowest BCUT2D eigenvalue weighted by atomic mass is 9.91. The number of likely N-dealkylation sites (tertiary alicyclic amines) is 1. The number of aryl methyl sites for hydroxylation is 1. The predicted octanol–water partition coefficient (Wildman–Crippen LogP) is 3.96. The molecular weight excluding hydrogens is 395 g/mol. The largest absolute Gasteiger partial charge is 0.352 e. The van der Waals surface area contributed by atoms with Gasteiger partial charge in [0.1, 0.15) is 11.6 Å². The van der Waals surface area contributed by atoms with Crippen LogP contribution in [-0.2, 0) is 11.3 Å². The van der Waals surface area contributed by atoms with Crippen LogP contribution in [0.1, 0.15) is 47.4 Å². The maximum Gasteiger partial charge on any atom is 0.253 e. The molecule has 2 aromatic carbocycles. The number of piperidine rings is 1. The Morgan fingerprint density at radius 1 is 1.16 bits per heavy atom. The van der Waals surface area contributed by atoms with Crippen LogP contribution in [0.2, 0.25) is 0 Å². The highest BCUT2D eigenvalue weighted by Gasteiger charge is 2.24. The maximum atomic E-state index is 12.9. The second-order valence-corrected chi connectivity index (χ2v) is 8.23. The zero-order chi connectivity index (χ0) is 21.8. The molecule has 2 heterocycles. The summed E-state index contributed by atoms with van der Waals surface area (Å²) >= 11 is 0. The number of benzene rings is 2. The second kappa shape index (κ2) is 9.29. The molecule has 31 heavy (non-hydrogen) atoms. The van der Waals surface area contributed by atoms with Crippen molar-refractivity contribution in [3.63, 3.8) is 0 Å². The Kier molecular flexibility index (Phi) is 6.30. The van der Waals surface area contributed by atoms with E-state index in [9.17, 15) is 14.0 Å². The van der Waals surface area contributed by atoms with Gasteiger partial charge >= 0.3 is 0 Å². The lowest BCUT2D eigenvalue weighted by molar-refractivity contribution is -0.121. The summed E-state index contributed by atoms with van der Waals surface area (Å²) in [6.45, 7) is 3.73. The molecule has 2 amide bonds. The summed E-state index contributed by atoms with van der Waals surface area (Å²) in [5.74, 6) is 1.05. The van der Waals surface area contributed by atoms with Crippen LogP contribution >= 0.6 is 0 Å². The van der Waals surface area contributed by atoms with E-state index in [2.05, 4.69) is 15.3 Å². The molecule has 1 aromatic heterocycles. The first-order valence-corrected chi connectivity index (χ1v) is 10.7. The number of carbonyl (C=O) groups is 2. The van der Waals surface area contributed by atoms with E-state index in [-0.39, 0.29) is 17.6 Å². The minimum atomic E-state index is -0.281. The number of hydrogen-bond acceptors (Lipinski definition) is 3. The summed E-state index contributed by atoms with van der Waals surface area (Å²) in [7, 11) is 0. The number of nitrogens with zero attached hydrogens (tertiary/aromatic N) is 2. The molecule has 0 aliphatic carbocycles. The molecule has 0 radical (unpaired) electrons. The first kappa shape index (κ1) is 21.0. The maximum absolute atomic E-state index is 12.9. The summed E-state index contributed by atoms with van der Waals surface area (Å²) in [4.78, 5) is 34.5. The van der Waals surface area contributed by atoms with Crippen molar-refractivity contribution in [3.05, 3.63) is 65.2 Å².